The molecule has 2 aromatic carbocycles. The normalized spacial score (nSPS) is 12.5. The number of carbonyl (C=O) groups is 2. The summed E-state index contributed by atoms with van der Waals surface area (Å²) in [5, 5.41) is 3.56. The molecule has 0 aliphatic rings. The van der Waals surface area contributed by atoms with Gasteiger partial charge in [-0.15, -0.1) is 0 Å². The summed E-state index contributed by atoms with van der Waals surface area (Å²) < 4.78 is 32.2. The van der Waals surface area contributed by atoms with Gasteiger partial charge in [-0.25, -0.2) is 8.42 Å². The Balaban J connectivity index is 2.27. The number of amides is 2. The van der Waals surface area contributed by atoms with Crippen molar-refractivity contribution in [1.29, 1.82) is 0 Å². The molecule has 2 rings (SSSR count). The van der Waals surface area contributed by atoms with Crippen LogP contribution >= 0.6 is 11.6 Å². The molecule has 210 valence electrons. The Morgan fingerprint density at radius 2 is 1.68 bits per heavy atom. The predicted molar refractivity (Wildman–Crippen MR) is 153 cm³/mol. The quantitative estimate of drug-likeness (QED) is 0.368. The lowest BCUT2D eigenvalue weighted by Gasteiger charge is -2.33. The van der Waals surface area contributed by atoms with Crippen LogP contribution in [-0.4, -0.2) is 56.1 Å². The van der Waals surface area contributed by atoms with E-state index in [0.29, 0.717) is 29.5 Å². The Kier molecular flexibility index (Phi) is 11.5. The van der Waals surface area contributed by atoms with Crippen molar-refractivity contribution in [3.05, 3.63) is 59.1 Å². The molecular formula is C28H40ClN3O5S. The van der Waals surface area contributed by atoms with E-state index in [0.717, 1.165) is 11.8 Å². The van der Waals surface area contributed by atoms with Crippen molar-refractivity contribution in [2.24, 2.45) is 0 Å². The summed E-state index contributed by atoms with van der Waals surface area (Å²) in [6, 6.07) is 13.4. The molecule has 0 aromatic heterocycles. The molecule has 0 spiro atoms. The third kappa shape index (κ3) is 9.51. The highest BCUT2D eigenvalue weighted by Gasteiger charge is 2.31. The highest BCUT2D eigenvalue weighted by atomic mass is 35.5. The van der Waals surface area contributed by atoms with Gasteiger partial charge in [0.25, 0.3) is 0 Å². The van der Waals surface area contributed by atoms with E-state index in [2.05, 4.69) is 5.32 Å². The predicted octanol–water partition coefficient (Wildman–Crippen LogP) is 5.01. The number of halogens is 1. The molecule has 0 fully saturated rings. The van der Waals surface area contributed by atoms with Gasteiger partial charge in [0, 0.05) is 30.1 Å². The summed E-state index contributed by atoms with van der Waals surface area (Å²) in [5.41, 5.74) is 0.815. The monoisotopic (exact) mass is 565 g/mol. The molecule has 2 aromatic rings. The van der Waals surface area contributed by atoms with Gasteiger partial charge in [-0.1, -0.05) is 42.8 Å². The number of hydrogen-bond donors (Lipinski definition) is 1. The van der Waals surface area contributed by atoms with Crippen LogP contribution in [0.15, 0.2) is 48.5 Å². The summed E-state index contributed by atoms with van der Waals surface area (Å²) in [6.07, 6.45) is 1.89. The topological polar surface area (TPSA) is 96.0 Å². The van der Waals surface area contributed by atoms with Gasteiger partial charge >= 0.3 is 0 Å². The highest BCUT2D eigenvalue weighted by Crippen LogP contribution is 2.30. The minimum atomic E-state index is -3.63. The van der Waals surface area contributed by atoms with E-state index >= 15 is 0 Å². The van der Waals surface area contributed by atoms with Gasteiger partial charge in [0.1, 0.15) is 11.8 Å². The zero-order valence-corrected chi connectivity index (χ0v) is 24.7. The van der Waals surface area contributed by atoms with E-state index in [1.54, 1.807) is 41.3 Å². The average molecular weight is 566 g/mol. The molecule has 0 aliphatic heterocycles. The average Bonchev–Trinajstić information content (AvgIpc) is 2.82. The summed E-state index contributed by atoms with van der Waals surface area (Å²) in [4.78, 5) is 28.3. The second-order valence-electron chi connectivity index (χ2n) is 10.2. The Bertz CT molecular complexity index is 1180. The Labute approximate surface area is 232 Å². The van der Waals surface area contributed by atoms with E-state index in [4.69, 9.17) is 16.3 Å². The number of carbonyl (C=O) groups excluding carboxylic acids is 2. The molecule has 1 unspecified atom stereocenters. The molecule has 0 radical (unpaired) electrons. The largest absolute Gasteiger partial charge is 0.492 e. The molecule has 1 N–H and O–H groups in total. The molecular weight excluding hydrogens is 526 g/mol. The third-order valence-electron chi connectivity index (χ3n) is 5.74. The molecule has 8 nitrogen and oxygen atoms in total. The highest BCUT2D eigenvalue weighted by molar-refractivity contribution is 7.92. The van der Waals surface area contributed by atoms with Gasteiger partial charge in [-0.3, -0.25) is 13.9 Å². The molecule has 0 heterocycles. The van der Waals surface area contributed by atoms with E-state index in [9.17, 15) is 18.0 Å². The van der Waals surface area contributed by atoms with Gasteiger partial charge in [-0.05, 0) is 70.4 Å². The van der Waals surface area contributed by atoms with Crippen molar-refractivity contribution < 1.29 is 22.7 Å². The maximum atomic E-state index is 13.5. The van der Waals surface area contributed by atoms with Gasteiger partial charge in [-0.2, -0.15) is 0 Å². The number of anilines is 1. The number of nitrogens with zero attached hydrogens (tertiary/aromatic N) is 2. The SMILES string of the molecule is CCOc1ccccc1N(CCCC(=O)N(Cc1ccc(Cl)cc1)C(CC)C(=O)NC(C)(C)C)S(C)(=O)=O. The van der Waals surface area contributed by atoms with Gasteiger partial charge in [0.05, 0.1) is 18.6 Å². The molecule has 1 atom stereocenters. The molecule has 2 amide bonds. The Hall–Kier alpha value is -2.78. The second kappa shape index (κ2) is 13.8. The number of sulfonamides is 1. The Morgan fingerprint density at radius 3 is 2.24 bits per heavy atom. The Morgan fingerprint density at radius 1 is 1.05 bits per heavy atom. The lowest BCUT2D eigenvalue weighted by Crippen LogP contribution is -2.53. The minimum Gasteiger partial charge on any atom is -0.492 e. The lowest BCUT2D eigenvalue weighted by atomic mass is 10.0. The molecule has 0 saturated carbocycles. The van der Waals surface area contributed by atoms with Crippen LogP contribution in [0.3, 0.4) is 0 Å². The zero-order chi connectivity index (χ0) is 28.5. The number of ether oxygens (including phenoxy) is 1. The van der Waals surface area contributed by atoms with Crippen molar-refractivity contribution in [3.63, 3.8) is 0 Å². The first-order valence-corrected chi connectivity index (χ1v) is 15.0. The minimum absolute atomic E-state index is 0.0652. The smallest absolute Gasteiger partial charge is 0.243 e. The van der Waals surface area contributed by atoms with Crippen LogP contribution in [0.25, 0.3) is 0 Å². The summed E-state index contributed by atoms with van der Waals surface area (Å²) in [5.74, 6) is -0.00543. The maximum absolute atomic E-state index is 13.5. The standard InChI is InChI=1S/C28H40ClN3O5S/c1-7-23(27(34)30-28(3,4)5)31(20-21-15-17-22(29)18-16-21)26(33)14-11-19-32(38(6,35)36)24-12-9-10-13-25(24)37-8-2/h9-10,12-13,15-18,23H,7-8,11,14,19-20H2,1-6H3,(H,30,34). The van der Waals surface area contributed by atoms with Crippen LogP contribution in [0.2, 0.25) is 5.02 Å². The van der Waals surface area contributed by atoms with Crippen LogP contribution in [-0.2, 0) is 26.2 Å². The molecule has 10 heteroatoms. The van der Waals surface area contributed by atoms with Gasteiger partial charge in [0.2, 0.25) is 21.8 Å². The number of benzene rings is 2. The summed E-state index contributed by atoms with van der Waals surface area (Å²) in [7, 11) is -3.63. The molecule has 38 heavy (non-hydrogen) atoms. The number of nitrogens with one attached hydrogen (secondary N) is 1. The van der Waals surface area contributed by atoms with Crippen molar-refractivity contribution in [1.82, 2.24) is 10.2 Å². The van der Waals surface area contributed by atoms with Crippen molar-refractivity contribution in [2.45, 2.75) is 72.0 Å². The van der Waals surface area contributed by atoms with Gasteiger partial charge < -0.3 is 15.0 Å². The second-order valence-corrected chi connectivity index (χ2v) is 12.5. The van der Waals surface area contributed by atoms with Crippen LogP contribution in [0.1, 0.15) is 59.4 Å². The first-order chi connectivity index (χ1) is 17.8. The number of rotatable bonds is 13. The maximum Gasteiger partial charge on any atom is 0.243 e. The molecule has 0 bridgehead atoms. The van der Waals surface area contributed by atoms with E-state index in [1.165, 1.54) is 4.31 Å². The van der Waals surface area contributed by atoms with Crippen molar-refractivity contribution in [3.8, 4) is 5.75 Å². The number of hydrogen-bond acceptors (Lipinski definition) is 5. The van der Waals surface area contributed by atoms with Crippen LogP contribution < -0.4 is 14.4 Å². The van der Waals surface area contributed by atoms with Crippen LogP contribution in [0, 0.1) is 0 Å². The fraction of sp³-hybridized carbons (Fsp3) is 0.500. The fourth-order valence-electron chi connectivity index (χ4n) is 4.08. The first-order valence-electron chi connectivity index (χ1n) is 12.8. The first kappa shape index (κ1) is 31.4. The fourth-order valence-corrected chi connectivity index (χ4v) is 5.18. The zero-order valence-electron chi connectivity index (χ0n) is 23.2. The molecule has 0 aliphatic carbocycles. The summed E-state index contributed by atoms with van der Waals surface area (Å²) >= 11 is 6.03. The summed E-state index contributed by atoms with van der Waals surface area (Å²) in [6.45, 7) is 10.1. The lowest BCUT2D eigenvalue weighted by molar-refractivity contribution is -0.142. The molecule has 0 saturated heterocycles. The number of para-hydroxylation sites is 2. The van der Waals surface area contributed by atoms with Crippen molar-refractivity contribution >= 4 is 39.1 Å². The van der Waals surface area contributed by atoms with Crippen LogP contribution in [0.4, 0.5) is 5.69 Å². The van der Waals surface area contributed by atoms with E-state index in [-0.39, 0.29) is 37.7 Å². The third-order valence-corrected chi connectivity index (χ3v) is 7.17. The van der Waals surface area contributed by atoms with Crippen LogP contribution in [0.5, 0.6) is 5.75 Å². The van der Waals surface area contributed by atoms with E-state index in [1.807, 2.05) is 46.8 Å². The van der Waals surface area contributed by atoms with Gasteiger partial charge in [0.15, 0.2) is 0 Å². The van der Waals surface area contributed by atoms with E-state index < -0.39 is 21.6 Å². The van der Waals surface area contributed by atoms with Crippen molar-refractivity contribution in [2.75, 3.05) is 23.7 Å².